The quantitative estimate of drug-likeness (QED) is 0.467. The molecule has 1 saturated heterocycles. The first-order valence-corrected chi connectivity index (χ1v) is 11.7. The maximum absolute atomic E-state index is 14.4. The van der Waals surface area contributed by atoms with Gasteiger partial charge in [-0.2, -0.15) is 0 Å². The number of hydrogen-bond donors (Lipinski definition) is 3. The Morgan fingerprint density at radius 1 is 1.31 bits per heavy atom. The Labute approximate surface area is 202 Å². The number of pyridine rings is 1. The Morgan fingerprint density at radius 2 is 2.17 bits per heavy atom. The smallest absolute Gasteiger partial charge is 0.255 e. The lowest BCUT2D eigenvalue weighted by Gasteiger charge is -2.43. The predicted molar refractivity (Wildman–Crippen MR) is 128 cm³/mol. The Kier molecular flexibility index (Phi) is 5.00. The van der Waals surface area contributed by atoms with Crippen molar-refractivity contribution in [2.24, 2.45) is 5.41 Å². The second-order valence-corrected chi connectivity index (χ2v) is 10.0. The zero-order valence-electron chi connectivity index (χ0n) is 19.8. The second kappa shape index (κ2) is 7.98. The van der Waals surface area contributed by atoms with E-state index in [2.05, 4.69) is 34.4 Å². The molecule has 0 radical (unpaired) electrons. The normalized spacial score (nSPS) is 23.4. The number of carbonyl (C=O) groups is 1. The third kappa shape index (κ3) is 3.61. The number of nitrogens with one attached hydrogen (secondary N) is 3. The van der Waals surface area contributed by atoms with Crippen LogP contribution in [0.15, 0.2) is 36.7 Å². The molecule has 6 rings (SSSR count). The first-order valence-electron chi connectivity index (χ1n) is 11.7. The van der Waals surface area contributed by atoms with Gasteiger partial charge in [-0.1, -0.05) is 19.9 Å². The number of hydrogen-bond acceptors (Lipinski definition) is 6. The highest BCUT2D eigenvalue weighted by atomic mass is 19.1. The SMILES string of the molecule is COc1c(F)cccc1Nc1c(-c2ccncc2OC[C@H]2OCC2(C)C)[nH]c2c1C(=O)N[C@H]1C[C@@H]21. The zero-order chi connectivity index (χ0) is 24.3. The number of aromatic amines is 1. The third-order valence-corrected chi connectivity index (χ3v) is 7.14. The number of halogens is 1. The number of nitrogens with zero attached hydrogens (tertiary/aromatic N) is 1. The van der Waals surface area contributed by atoms with E-state index in [9.17, 15) is 9.18 Å². The minimum atomic E-state index is -0.494. The molecule has 8 nitrogen and oxygen atoms in total. The fourth-order valence-corrected chi connectivity index (χ4v) is 4.90. The Balaban J connectivity index is 1.43. The van der Waals surface area contributed by atoms with E-state index in [4.69, 9.17) is 14.2 Å². The minimum absolute atomic E-state index is 0.0143. The van der Waals surface area contributed by atoms with Gasteiger partial charge in [-0.3, -0.25) is 9.78 Å². The zero-order valence-corrected chi connectivity index (χ0v) is 19.8. The van der Waals surface area contributed by atoms with E-state index in [0.29, 0.717) is 41.6 Å². The molecule has 1 aromatic carbocycles. The fraction of sp³-hybridized carbons (Fsp3) is 0.385. The summed E-state index contributed by atoms with van der Waals surface area (Å²) in [6.07, 6.45) is 4.21. The van der Waals surface area contributed by atoms with Gasteiger partial charge in [0.15, 0.2) is 11.6 Å². The predicted octanol–water partition coefficient (Wildman–Crippen LogP) is 4.37. The number of H-pyrrole nitrogens is 1. The van der Waals surface area contributed by atoms with Gasteiger partial charge in [0.25, 0.3) is 5.91 Å². The molecule has 1 aliphatic carbocycles. The standard InChI is InChI=1S/C26H27FN4O4/c1-26(2)12-35-19(26)11-34-18-10-28-8-7-13(18)22-23(29-16-6-4-5-15(27)24(16)33-3)20-21(31-22)14-9-17(14)30-25(20)32/h4-8,10,14,17,19,29,31H,9,11-12H2,1-3H3,(H,30,32)/t14-,17+,19-/m1/s1. The van der Waals surface area contributed by atoms with Gasteiger partial charge < -0.3 is 29.8 Å². The molecule has 182 valence electrons. The molecule has 2 aromatic heterocycles. The van der Waals surface area contributed by atoms with E-state index in [-0.39, 0.29) is 35.1 Å². The van der Waals surface area contributed by atoms with Crippen LogP contribution in [0.3, 0.4) is 0 Å². The molecule has 9 heteroatoms. The Morgan fingerprint density at radius 3 is 2.91 bits per heavy atom. The van der Waals surface area contributed by atoms with Crippen LogP contribution in [-0.4, -0.2) is 48.3 Å². The largest absolute Gasteiger partial charge is 0.492 e. The van der Waals surface area contributed by atoms with Gasteiger partial charge in [0, 0.05) is 34.8 Å². The van der Waals surface area contributed by atoms with Crippen LogP contribution in [0.1, 0.15) is 42.2 Å². The number of fused-ring (bicyclic) bond motifs is 3. The molecular weight excluding hydrogens is 451 g/mol. The number of carbonyl (C=O) groups excluding carboxylic acids is 1. The van der Waals surface area contributed by atoms with Gasteiger partial charge in [0.05, 0.1) is 48.6 Å². The van der Waals surface area contributed by atoms with Crippen molar-refractivity contribution in [3.05, 3.63) is 53.7 Å². The topological polar surface area (TPSA) is 97.5 Å². The van der Waals surface area contributed by atoms with Crippen LogP contribution in [0, 0.1) is 11.2 Å². The lowest BCUT2D eigenvalue weighted by atomic mass is 9.83. The number of amides is 1. The molecular formula is C26H27FN4O4. The van der Waals surface area contributed by atoms with Gasteiger partial charge in [0.1, 0.15) is 12.4 Å². The molecule has 0 spiro atoms. The Hall–Kier alpha value is -3.59. The van der Waals surface area contributed by atoms with Crippen molar-refractivity contribution in [3.63, 3.8) is 0 Å². The average Bonchev–Trinajstić information content (AvgIpc) is 3.51. The van der Waals surface area contributed by atoms with Gasteiger partial charge in [-0.15, -0.1) is 0 Å². The molecule has 1 saturated carbocycles. The van der Waals surface area contributed by atoms with E-state index >= 15 is 0 Å². The van der Waals surface area contributed by atoms with Crippen molar-refractivity contribution in [1.29, 1.82) is 0 Å². The maximum atomic E-state index is 14.4. The highest BCUT2D eigenvalue weighted by Gasteiger charge is 2.48. The van der Waals surface area contributed by atoms with Crippen molar-refractivity contribution >= 4 is 17.3 Å². The fourth-order valence-electron chi connectivity index (χ4n) is 4.90. The van der Waals surface area contributed by atoms with Crippen LogP contribution in [0.5, 0.6) is 11.5 Å². The summed E-state index contributed by atoms with van der Waals surface area (Å²) in [5.41, 5.74) is 3.83. The first kappa shape index (κ1) is 21.9. The van der Waals surface area contributed by atoms with Crippen LogP contribution in [0.25, 0.3) is 11.3 Å². The summed E-state index contributed by atoms with van der Waals surface area (Å²) in [6, 6.07) is 6.63. The van der Waals surface area contributed by atoms with Gasteiger partial charge in [-0.05, 0) is 24.6 Å². The lowest BCUT2D eigenvalue weighted by molar-refractivity contribution is -0.180. The molecule has 35 heavy (non-hydrogen) atoms. The summed E-state index contributed by atoms with van der Waals surface area (Å²) in [4.78, 5) is 20.8. The van der Waals surface area contributed by atoms with Crippen molar-refractivity contribution in [3.8, 4) is 22.8 Å². The molecule has 4 heterocycles. The maximum Gasteiger partial charge on any atom is 0.255 e. The van der Waals surface area contributed by atoms with Gasteiger partial charge in [-0.25, -0.2) is 4.39 Å². The van der Waals surface area contributed by atoms with Crippen LogP contribution >= 0.6 is 0 Å². The molecule has 1 amide bonds. The first-order chi connectivity index (χ1) is 16.9. The highest BCUT2D eigenvalue weighted by Crippen LogP contribution is 2.51. The molecule has 3 atom stereocenters. The van der Waals surface area contributed by atoms with Crippen LogP contribution in [-0.2, 0) is 4.74 Å². The number of para-hydroxylation sites is 1. The number of methoxy groups -OCH3 is 1. The lowest BCUT2D eigenvalue weighted by Crippen LogP contribution is -2.50. The van der Waals surface area contributed by atoms with Gasteiger partial charge in [0.2, 0.25) is 0 Å². The third-order valence-electron chi connectivity index (χ3n) is 7.14. The van der Waals surface area contributed by atoms with Crippen molar-refractivity contribution < 1.29 is 23.4 Å². The van der Waals surface area contributed by atoms with Crippen molar-refractivity contribution in [2.75, 3.05) is 25.6 Å². The van der Waals surface area contributed by atoms with E-state index in [1.165, 1.54) is 13.2 Å². The number of ether oxygens (including phenoxy) is 3. The summed E-state index contributed by atoms with van der Waals surface area (Å²) in [5, 5.41) is 6.33. The number of benzene rings is 1. The van der Waals surface area contributed by atoms with E-state index in [0.717, 1.165) is 17.7 Å². The molecule has 2 fully saturated rings. The number of aromatic nitrogens is 2. The molecule has 3 aromatic rings. The monoisotopic (exact) mass is 478 g/mol. The Bertz CT molecular complexity index is 1320. The highest BCUT2D eigenvalue weighted by molar-refractivity contribution is 6.07. The molecule has 0 bridgehead atoms. The minimum Gasteiger partial charge on any atom is -0.492 e. The average molecular weight is 479 g/mol. The van der Waals surface area contributed by atoms with Crippen LogP contribution in [0.4, 0.5) is 15.8 Å². The summed E-state index contributed by atoms with van der Waals surface area (Å²) >= 11 is 0. The molecule has 3 N–H and O–H groups in total. The summed E-state index contributed by atoms with van der Waals surface area (Å²) in [7, 11) is 1.41. The van der Waals surface area contributed by atoms with E-state index in [1.54, 1.807) is 24.5 Å². The summed E-state index contributed by atoms with van der Waals surface area (Å²) in [5.74, 6) is 0.206. The molecule has 3 aliphatic rings. The van der Waals surface area contributed by atoms with Crippen molar-refractivity contribution in [1.82, 2.24) is 15.3 Å². The number of rotatable bonds is 7. The number of anilines is 2. The molecule has 0 unspecified atom stereocenters. The van der Waals surface area contributed by atoms with Crippen molar-refractivity contribution in [2.45, 2.75) is 38.3 Å². The van der Waals surface area contributed by atoms with Gasteiger partial charge >= 0.3 is 0 Å². The molecule has 2 aliphatic heterocycles. The van der Waals surface area contributed by atoms with Crippen LogP contribution < -0.4 is 20.1 Å². The van der Waals surface area contributed by atoms with E-state index in [1.807, 2.05) is 6.07 Å². The summed E-state index contributed by atoms with van der Waals surface area (Å²) < 4.78 is 31.6. The van der Waals surface area contributed by atoms with Crippen LogP contribution in [0.2, 0.25) is 0 Å². The van der Waals surface area contributed by atoms with E-state index < -0.39 is 5.82 Å². The summed E-state index contributed by atoms with van der Waals surface area (Å²) in [6.45, 7) is 5.38. The second-order valence-electron chi connectivity index (χ2n) is 10.0.